The van der Waals surface area contributed by atoms with Crippen molar-refractivity contribution in [2.24, 2.45) is 0 Å². The maximum atomic E-state index is 12.2. The number of thioether (sulfide) groups is 1. The molecule has 0 aromatic heterocycles. The minimum atomic E-state index is -0.656. The lowest BCUT2D eigenvalue weighted by atomic mass is 9.94. The van der Waals surface area contributed by atoms with E-state index in [-0.39, 0.29) is 16.2 Å². The van der Waals surface area contributed by atoms with Gasteiger partial charge >= 0.3 is 0 Å². The lowest BCUT2D eigenvalue weighted by Crippen LogP contribution is -2.22. The zero-order valence-electron chi connectivity index (χ0n) is 11.3. The van der Waals surface area contributed by atoms with E-state index in [4.69, 9.17) is 0 Å². The highest BCUT2D eigenvalue weighted by atomic mass is 32.2. The monoisotopic (exact) mass is 296 g/mol. The number of aliphatic hydroxyl groups excluding tert-OH is 1. The Hall–Kier alpha value is -2.33. The van der Waals surface area contributed by atoms with Gasteiger partial charge in [0.25, 0.3) is 0 Å². The number of carbonyl (C=O) groups excluding carboxylic acids is 2. The van der Waals surface area contributed by atoms with Crippen molar-refractivity contribution in [3.8, 4) is 0 Å². The molecule has 2 aromatic rings. The number of hydrogen-bond acceptors (Lipinski definition) is 4. The predicted molar refractivity (Wildman–Crippen MR) is 82.4 cm³/mol. The molecule has 0 unspecified atom stereocenters. The van der Waals surface area contributed by atoms with Crippen LogP contribution in [0.15, 0.2) is 58.3 Å². The van der Waals surface area contributed by atoms with Crippen LogP contribution in [0.5, 0.6) is 0 Å². The fraction of sp³-hybridized carbons (Fsp3) is 0.0588. The maximum absolute atomic E-state index is 12.2. The first-order valence-corrected chi connectivity index (χ1v) is 7.26. The van der Waals surface area contributed by atoms with Crippen LogP contribution in [0.2, 0.25) is 0 Å². The average Bonchev–Trinajstić information content (AvgIpc) is 2.51. The van der Waals surface area contributed by atoms with Gasteiger partial charge in [0.2, 0.25) is 11.6 Å². The van der Waals surface area contributed by atoms with E-state index in [9.17, 15) is 14.7 Å². The molecule has 1 N–H and O–H groups in total. The van der Waals surface area contributed by atoms with Crippen molar-refractivity contribution < 1.29 is 14.7 Å². The van der Waals surface area contributed by atoms with E-state index in [1.807, 2.05) is 31.2 Å². The first-order valence-electron chi connectivity index (χ1n) is 6.44. The van der Waals surface area contributed by atoms with E-state index in [2.05, 4.69) is 0 Å². The summed E-state index contributed by atoms with van der Waals surface area (Å²) in [5.74, 6) is -1.35. The first kappa shape index (κ1) is 13.6. The standard InChI is InChI=1S/C17H12O3S/c1-10-6-8-11(9-7-10)21-17-15(19)13-5-3-2-4-12(13)14(18)16(17)20/h2-9,19H,1H3. The van der Waals surface area contributed by atoms with Gasteiger partial charge in [-0.1, -0.05) is 53.7 Å². The Balaban J connectivity index is 2.06. The van der Waals surface area contributed by atoms with Crippen LogP contribution in [0.4, 0.5) is 0 Å². The normalized spacial score (nSPS) is 14.3. The van der Waals surface area contributed by atoms with E-state index >= 15 is 0 Å². The minimum Gasteiger partial charge on any atom is -0.506 e. The zero-order chi connectivity index (χ0) is 15.0. The number of rotatable bonds is 2. The summed E-state index contributed by atoms with van der Waals surface area (Å²) in [6, 6.07) is 14.2. The highest BCUT2D eigenvalue weighted by Gasteiger charge is 2.33. The van der Waals surface area contributed by atoms with Gasteiger partial charge < -0.3 is 5.11 Å². The third kappa shape index (κ3) is 2.38. The molecule has 1 aliphatic rings. The Kier molecular flexibility index (Phi) is 3.39. The first-order chi connectivity index (χ1) is 10.1. The smallest absolute Gasteiger partial charge is 0.243 e. The number of benzene rings is 2. The topological polar surface area (TPSA) is 54.4 Å². The molecule has 3 rings (SSSR count). The summed E-state index contributed by atoms with van der Waals surface area (Å²) in [5, 5.41) is 10.3. The van der Waals surface area contributed by atoms with Crippen LogP contribution in [-0.2, 0) is 4.79 Å². The van der Waals surface area contributed by atoms with Crippen molar-refractivity contribution in [3.05, 3.63) is 70.1 Å². The molecule has 0 fully saturated rings. The van der Waals surface area contributed by atoms with Crippen molar-refractivity contribution in [2.45, 2.75) is 11.8 Å². The molecule has 0 heterocycles. The summed E-state index contributed by atoms with van der Waals surface area (Å²) in [5.41, 5.74) is 1.78. The van der Waals surface area contributed by atoms with Crippen LogP contribution in [0.1, 0.15) is 21.5 Å². The highest BCUT2D eigenvalue weighted by molar-refractivity contribution is 8.04. The minimum absolute atomic E-state index is 0.0857. The molecule has 0 bridgehead atoms. The Bertz CT molecular complexity index is 773. The number of ketones is 2. The van der Waals surface area contributed by atoms with Crippen LogP contribution in [-0.4, -0.2) is 16.7 Å². The highest BCUT2D eigenvalue weighted by Crippen LogP contribution is 2.37. The molecule has 21 heavy (non-hydrogen) atoms. The van der Waals surface area contributed by atoms with Crippen molar-refractivity contribution in [1.82, 2.24) is 0 Å². The molecule has 0 atom stereocenters. The van der Waals surface area contributed by atoms with E-state index < -0.39 is 11.6 Å². The molecule has 0 spiro atoms. The van der Waals surface area contributed by atoms with Crippen LogP contribution in [0.25, 0.3) is 5.76 Å². The molecule has 4 heteroatoms. The lowest BCUT2D eigenvalue weighted by Gasteiger charge is -2.17. The van der Waals surface area contributed by atoms with E-state index in [1.165, 1.54) is 0 Å². The second-order valence-corrected chi connectivity index (χ2v) is 5.88. The van der Waals surface area contributed by atoms with Gasteiger partial charge in [0.05, 0.1) is 0 Å². The molecule has 0 radical (unpaired) electrons. The van der Waals surface area contributed by atoms with Gasteiger partial charge in [-0.15, -0.1) is 0 Å². The second-order valence-electron chi connectivity index (χ2n) is 4.80. The van der Waals surface area contributed by atoms with Crippen LogP contribution < -0.4 is 0 Å². The fourth-order valence-corrected chi connectivity index (χ4v) is 3.06. The number of hydrogen-bond donors (Lipinski definition) is 1. The summed E-state index contributed by atoms with van der Waals surface area (Å²) < 4.78 is 0. The van der Waals surface area contributed by atoms with Crippen LogP contribution in [0, 0.1) is 6.92 Å². The van der Waals surface area contributed by atoms with Gasteiger partial charge in [-0.25, -0.2) is 0 Å². The molecule has 3 nitrogen and oxygen atoms in total. The largest absolute Gasteiger partial charge is 0.506 e. The molecule has 1 aliphatic carbocycles. The average molecular weight is 296 g/mol. The predicted octanol–water partition coefficient (Wildman–Crippen LogP) is 3.78. The third-order valence-electron chi connectivity index (χ3n) is 3.30. The van der Waals surface area contributed by atoms with Gasteiger partial charge in [0, 0.05) is 16.0 Å². The molecule has 0 saturated heterocycles. The molecular weight excluding hydrogens is 284 g/mol. The summed E-state index contributed by atoms with van der Waals surface area (Å²) in [4.78, 5) is 25.2. The number of Topliss-reactive ketones (excluding diaryl/α,β-unsaturated/α-hetero) is 2. The number of aliphatic hydroxyl groups is 1. The Morgan fingerprint density at radius 3 is 2.14 bits per heavy atom. The van der Waals surface area contributed by atoms with Gasteiger partial charge in [-0.2, -0.15) is 0 Å². The molecule has 0 amide bonds. The molecular formula is C17H12O3S. The SMILES string of the molecule is Cc1ccc(SC2=C(O)c3ccccc3C(=O)C2=O)cc1. The Labute approximate surface area is 126 Å². The van der Waals surface area contributed by atoms with Crippen molar-refractivity contribution in [1.29, 1.82) is 0 Å². The van der Waals surface area contributed by atoms with Gasteiger partial charge in [0.15, 0.2) is 0 Å². The fourth-order valence-electron chi connectivity index (χ4n) is 2.16. The van der Waals surface area contributed by atoms with Crippen molar-refractivity contribution in [3.63, 3.8) is 0 Å². The summed E-state index contributed by atoms with van der Waals surface area (Å²) in [6.45, 7) is 1.97. The van der Waals surface area contributed by atoms with Gasteiger partial charge in [0.1, 0.15) is 10.7 Å². The zero-order valence-corrected chi connectivity index (χ0v) is 12.1. The molecule has 104 valence electrons. The quantitative estimate of drug-likeness (QED) is 0.857. The van der Waals surface area contributed by atoms with Crippen LogP contribution in [0.3, 0.4) is 0 Å². The second kappa shape index (κ2) is 5.22. The van der Waals surface area contributed by atoms with Crippen molar-refractivity contribution >= 4 is 29.1 Å². The maximum Gasteiger partial charge on any atom is 0.243 e. The number of carbonyl (C=O) groups is 2. The summed E-state index contributed by atoms with van der Waals surface area (Å²) in [6.07, 6.45) is 0. The third-order valence-corrected chi connectivity index (χ3v) is 4.39. The summed E-state index contributed by atoms with van der Waals surface area (Å²) in [7, 11) is 0. The van der Waals surface area contributed by atoms with E-state index in [0.29, 0.717) is 5.56 Å². The van der Waals surface area contributed by atoms with E-state index in [1.54, 1.807) is 24.3 Å². The van der Waals surface area contributed by atoms with Crippen molar-refractivity contribution in [2.75, 3.05) is 0 Å². The van der Waals surface area contributed by atoms with Gasteiger partial charge in [-0.3, -0.25) is 9.59 Å². The molecule has 0 aliphatic heterocycles. The summed E-state index contributed by atoms with van der Waals surface area (Å²) >= 11 is 1.12. The van der Waals surface area contributed by atoms with Gasteiger partial charge in [-0.05, 0) is 19.1 Å². The number of fused-ring (bicyclic) bond motifs is 1. The lowest BCUT2D eigenvalue weighted by molar-refractivity contribution is -0.111. The molecule has 0 saturated carbocycles. The van der Waals surface area contributed by atoms with Crippen LogP contribution >= 0.6 is 11.8 Å². The Morgan fingerprint density at radius 2 is 1.48 bits per heavy atom. The molecule has 2 aromatic carbocycles. The Morgan fingerprint density at radius 1 is 0.857 bits per heavy atom. The van der Waals surface area contributed by atoms with E-state index in [0.717, 1.165) is 22.2 Å². The number of aryl methyl sites for hydroxylation is 1. The number of allylic oxidation sites excluding steroid dienone is 1.